The third-order valence-corrected chi connectivity index (χ3v) is 5.18. The van der Waals surface area contributed by atoms with Crippen molar-refractivity contribution in [3.05, 3.63) is 33.1 Å². The predicted octanol–water partition coefficient (Wildman–Crippen LogP) is 1.53. The molecule has 0 spiro atoms. The summed E-state index contributed by atoms with van der Waals surface area (Å²) in [6.45, 7) is 10.6. The Morgan fingerprint density at radius 2 is 1.86 bits per heavy atom. The van der Waals surface area contributed by atoms with Gasteiger partial charge in [0.05, 0.1) is 11.7 Å². The van der Waals surface area contributed by atoms with Crippen molar-refractivity contribution in [3.63, 3.8) is 0 Å². The zero-order chi connectivity index (χ0) is 21.5. The van der Waals surface area contributed by atoms with Gasteiger partial charge < -0.3 is 14.7 Å². The standard InChI is InChI=1S/C17H29N2O8P/c1-16(2,3)9-10-13(26-28(23,24)27-17(4,5)6)12(21)14(25-10)19-8-7-11(20)18-15(19)22/h7-8,10,12-14,21H,9H2,1-6H3,(H,23,24)(H,18,20,22)/t10-,12?,13?,14-/m1/s1. The molecule has 0 aliphatic carbocycles. The lowest BCUT2D eigenvalue weighted by molar-refractivity contribution is -0.0504. The van der Waals surface area contributed by atoms with Crippen LogP contribution in [-0.4, -0.2) is 43.5 Å². The summed E-state index contributed by atoms with van der Waals surface area (Å²) >= 11 is 0. The van der Waals surface area contributed by atoms with Crippen molar-refractivity contribution in [2.24, 2.45) is 5.41 Å². The molecule has 11 heteroatoms. The zero-order valence-corrected chi connectivity index (χ0v) is 17.8. The van der Waals surface area contributed by atoms with Crippen LogP contribution in [0.2, 0.25) is 0 Å². The van der Waals surface area contributed by atoms with E-state index < -0.39 is 49.2 Å². The number of aromatic nitrogens is 2. The number of nitrogens with one attached hydrogen (secondary N) is 1. The number of aromatic amines is 1. The lowest BCUT2D eigenvalue weighted by Gasteiger charge is -2.29. The van der Waals surface area contributed by atoms with Crippen LogP contribution in [0.25, 0.3) is 0 Å². The molecular weight excluding hydrogens is 391 g/mol. The summed E-state index contributed by atoms with van der Waals surface area (Å²) < 4.78 is 29.6. The lowest BCUT2D eigenvalue weighted by Crippen LogP contribution is -2.39. The van der Waals surface area contributed by atoms with Crippen LogP contribution in [0, 0.1) is 5.41 Å². The Morgan fingerprint density at radius 1 is 1.25 bits per heavy atom. The highest BCUT2D eigenvalue weighted by Gasteiger charge is 2.50. The molecule has 3 unspecified atom stereocenters. The third kappa shape index (κ3) is 6.10. The van der Waals surface area contributed by atoms with E-state index in [4.69, 9.17) is 13.8 Å². The first-order valence-corrected chi connectivity index (χ1v) is 10.4. The molecule has 0 amide bonds. The minimum Gasteiger partial charge on any atom is -0.386 e. The molecule has 0 saturated carbocycles. The summed E-state index contributed by atoms with van der Waals surface area (Å²) in [7, 11) is -4.53. The van der Waals surface area contributed by atoms with Gasteiger partial charge in [0.25, 0.3) is 5.56 Å². The fourth-order valence-corrected chi connectivity index (χ4v) is 4.30. The van der Waals surface area contributed by atoms with Crippen molar-refractivity contribution >= 4 is 7.82 Å². The highest BCUT2D eigenvalue weighted by Crippen LogP contribution is 2.51. The van der Waals surface area contributed by atoms with Crippen molar-refractivity contribution in [3.8, 4) is 0 Å². The fraction of sp³-hybridized carbons (Fsp3) is 0.765. The fourth-order valence-electron chi connectivity index (χ4n) is 3.00. The van der Waals surface area contributed by atoms with Gasteiger partial charge in [0.1, 0.15) is 12.2 Å². The van der Waals surface area contributed by atoms with Crippen molar-refractivity contribution in [2.45, 2.75) is 78.1 Å². The van der Waals surface area contributed by atoms with Crippen LogP contribution in [0.4, 0.5) is 0 Å². The highest BCUT2D eigenvalue weighted by molar-refractivity contribution is 7.47. The quantitative estimate of drug-likeness (QED) is 0.609. The molecule has 1 aliphatic rings. The van der Waals surface area contributed by atoms with Crippen LogP contribution in [0.5, 0.6) is 0 Å². The molecule has 28 heavy (non-hydrogen) atoms. The van der Waals surface area contributed by atoms with E-state index in [0.717, 1.165) is 10.6 Å². The summed E-state index contributed by atoms with van der Waals surface area (Å²) in [5.74, 6) is 0. The Kier molecular flexibility index (Phi) is 6.45. The van der Waals surface area contributed by atoms with E-state index in [0.29, 0.717) is 6.42 Å². The number of rotatable bonds is 5. The Bertz CT molecular complexity index is 850. The number of nitrogens with zero attached hydrogens (tertiary/aromatic N) is 1. The SMILES string of the molecule is CC(C)(C)C[C@H]1O[C@@H](n2ccc(=O)[nH]c2=O)C(O)C1OP(=O)(O)OC(C)(C)C. The third-order valence-electron chi connectivity index (χ3n) is 3.89. The molecule has 5 atom stereocenters. The van der Waals surface area contributed by atoms with E-state index in [-0.39, 0.29) is 5.41 Å². The number of phosphoric acid groups is 1. The summed E-state index contributed by atoms with van der Waals surface area (Å²) in [5.41, 5.74) is -2.58. The minimum absolute atomic E-state index is 0.263. The van der Waals surface area contributed by atoms with Crippen LogP contribution >= 0.6 is 7.82 Å². The van der Waals surface area contributed by atoms with Gasteiger partial charge in [-0.3, -0.25) is 23.4 Å². The van der Waals surface area contributed by atoms with Crippen molar-refractivity contribution in [2.75, 3.05) is 0 Å². The first-order valence-electron chi connectivity index (χ1n) is 8.95. The summed E-state index contributed by atoms with van der Waals surface area (Å²) in [5, 5.41) is 10.7. The normalized spacial score (nSPS) is 28.3. The topological polar surface area (TPSA) is 140 Å². The van der Waals surface area contributed by atoms with E-state index in [2.05, 4.69) is 4.98 Å². The second kappa shape index (κ2) is 7.85. The first-order chi connectivity index (χ1) is 12.6. The number of ether oxygens (including phenoxy) is 1. The van der Waals surface area contributed by atoms with Gasteiger partial charge in [0, 0.05) is 12.3 Å². The minimum atomic E-state index is -4.53. The number of aliphatic hydroxyl groups is 1. The van der Waals surface area contributed by atoms with Crippen LogP contribution in [0.3, 0.4) is 0 Å². The molecule has 1 saturated heterocycles. The Hall–Kier alpha value is -1.29. The molecule has 0 bridgehead atoms. The van der Waals surface area contributed by atoms with Gasteiger partial charge >= 0.3 is 13.5 Å². The molecule has 1 fully saturated rings. The van der Waals surface area contributed by atoms with Crippen LogP contribution in [-0.2, 0) is 18.3 Å². The second-order valence-corrected chi connectivity index (χ2v) is 10.4. The number of phosphoric ester groups is 1. The maximum absolute atomic E-state index is 12.4. The Balaban J connectivity index is 2.35. The van der Waals surface area contributed by atoms with E-state index in [1.54, 1.807) is 20.8 Å². The number of hydrogen-bond donors (Lipinski definition) is 3. The number of H-pyrrole nitrogens is 1. The van der Waals surface area contributed by atoms with E-state index in [1.165, 1.54) is 6.20 Å². The molecule has 2 heterocycles. The summed E-state index contributed by atoms with van der Waals surface area (Å²) in [4.78, 5) is 35.6. The van der Waals surface area contributed by atoms with E-state index in [1.807, 2.05) is 20.8 Å². The molecule has 0 radical (unpaired) electrons. The average Bonchev–Trinajstić information content (AvgIpc) is 2.71. The van der Waals surface area contributed by atoms with Crippen molar-refractivity contribution < 1.29 is 28.3 Å². The molecule has 3 N–H and O–H groups in total. The number of hydrogen-bond acceptors (Lipinski definition) is 7. The van der Waals surface area contributed by atoms with Crippen LogP contribution in [0.1, 0.15) is 54.2 Å². The Labute approximate surface area is 163 Å². The van der Waals surface area contributed by atoms with Gasteiger partial charge in [-0.2, -0.15) is 0 Å². The molecule has 1 aliphatic heterocycles. The maximum atomic E-state index is 12.4. The highest BCUT2D eigenvalue weighted by atomic mass is 31.2. The van der Waals surface area contributed by atoms with E-state index >= 15 is 0 Å². The summed E-state index contributed by atoms with van der Waals surface area (Å²) in [6.07, 6.45) is -3.09. The molecule has 10 nitrogen and oxygen atoms in total. The molecule has 1 aromatic rings. The van der Waals surface area contributed by atoms with Crippen LogP contribution in [0.15, 0.2) is 21.9 Å². The largest absolute Gasteiger partial charge is 0.473 e. The maximum Gasteiger partial charge on any atom is 0.473 e. The lowest BCUT2D eigenvalue weighted by atomic mass is 9.87. The van der Waals surface area contributed by atoms with Gasteiger partial charge in [-0.1, -0.05) is 20.8 Å². The monoisotopic (exact) mass is 420 g/mol. The van der Waals surface area contributed by atoms with Crippen molar-refractivity contribution in [1.82, 2.24) is 9.55 Å². The predicted molar refractivity (Wildman–Crippen MR) is 101 cm³/mol. The van der Waals surface area contributed by atoms with Crippen LogP contribution < -0.4 is 11.2 Å². The second-order valence-electron chi connectivity index (χ2n) is 9.08. The van der Waals surface area contributed by atoms with Gasteiger partial charge in [-0.05, 0) is 32.6 Å². The van der Waals surface area contributed by atoms with Gasteiger partial charge in [-0.25, -0.2) is 9.36 Å². The zero-order valence-electron chi connectivity index (χ0n) is 16.9. The van der Waals surface area contributed by atoms with Gasteiger partial charge in [0.15, 0.2) is 6.23 Å². The molecule has 160 valence electrons. The van der Waals surface area contributed by atoms with Gasteiger partial charge in [-0.15, -0.1) is 0 Å². The molecule has 2 rings (SSSR count). The summed E-state index contributed by atoms with van der Waals surface area (Å²) in [6, 6.07) is 1.12. The smallest absolute Gasteiger partial charge is 0.386 e. The number of aliphatic hydroxyl groups excluding tert-OH is 1. The Morgan fingerprint density at radius 3 is 2.36 bits per heavy atom. The molecular formula is C17H29N2O8P. The molecule has 1 aromatic heterocycles. The van der Waals surface area contributed by atoms with Crippen molar-refractivity contribution in [1.29, 1.82) is 0 Å². The first kappa shape index (κ1) is 23.0. The molecule has 0 aromatic carbocycles. The van der Waals surface area contributed by atoms with E-state index in [9.17, 15) is 24.2 Å². The average molecular weight is 420 g/mol. The van der Waals surface area contributed by atoms with Gasteiger partial charge in [0.2, 0.25) is 0 Å².